The summed E-state index contributed by atoms with van der Waals surface area (Å²) in [5, 5.41) is 0. The van der Waals surface area contributed by atoms with Crippen LogP contribution >= 0.6 is 0 Å². The minimum atomic E-state index is 1.22. The zero-order valence-corrected chi connectivity index (χ0v) is 5.88. The van der Waals surface area contributed by atoms with E-state index in [2.05, 4.69) is 36.5 Å². The molecular formula is C10H10. The summed E-state index contributed by atoms with van der Waals surface area (Å²) in [7, 11) is 0. The van der Waals surface area contributed by atoms with Crippen molar-refractivity contribution in [2.24, 2.45) is 0 Å². The molecule has 2 aliphatic rings. The number of hydrogen-bond donors (Lipinski definition) is 0. The Labute approximate surface area is 61.3 Å². The zero-order chi connectivity index (χ0) is 6.81. The van der Waals surface area contributed by atoms with E-state index < -0.39 is 0 Å². The molecule has 0 unspecified atom stereocenters. The molecular weight excluding hydrogens is 120 g/mol. The molecule has 0 aromatic heterocycles. The van der Waals surface area contributed by atoms with Crippen molar-refractivity contribution in [3.8, 4) is 0 Å². The summed E-state index contributed by atoms with van der Waals surface area (Å²) in [6, 6.07) is 0. The minimum absolute atomic E-state index is 1.22. The Balaban J connectivity index is 2.36. The third-order valence-electron chi connectivity index (χ3n) is 1.93. The first-order valence-electron chi connectivity index (χ1n) is 3.71. The zero-order valence-electron chi connectivity index (χ0n) is 5.88. The molecule has 0 nitrogen and oxygen atoms in total. The second-order valence-electron chi connectivity index (χ2n) is 2.64. The second-order valence-corrected chi connectivity index (χ2v) is 2.64. The van der Waals surface area contributed by atoms with Crippen molar-refractivity contribution in [2.75, 3.05) is 0 Å². The molecule has 2 aliphatic carbocycles. The summed E-state index contributed by atoms with van der Waals surface area (Å²) < 4.78 is 0. The van der Waals surface area contributed by atoms with E-state index in [-0.39, 0.29) is 0 Å². The van der Waals surface area contributed by atoms with E-state index >= 15 is 0 Å². The molecule has 0 fully saturated rings. The molecule has 0 radical (unpaired) electrons. The van der Waals surface area contributed by atoms with Gasteiger partial charge >= 0.3 is 0 Å². The van der Waals surface area contributed by atoms with Gasteiger partial charge < -0.3 is 0 Å². The minimum Gasteiger partial charge on any atom is -0.0839 e. The maximum Gasteiger partial charge on any atom is -0.0225 e. The van der Waals surface area contributed by atoms with Gasteiger partial charge in [0.2, 0.25) is 0 Å². The summed E-state index contributed by atoms with van der Waals surface area (Å²) in [6.07, 6.45) is 15.4. The average molecular weight is 130 g/mol. The Hall–Kier alpha value is -1.04. The maximum atomic E-state index is 2.24. The van der Waals surface area contributed by atoms with Gasteiger partial charge in [-0.2, -0.15) is 0 Å². The lowest BCUT2D eigenvalue weighted by molar-refractivity contribution is 1.06. The van der Waals surface area contributed by atoms with Crippen molar-refractivity contribution in [3.63, 3.8) is 0 Å². The van der Waals surface area contributed by atoms with Crippen LogP contribution < -0.4 is 0 Å². The third-order valence-corrected chi connectivity index (χ3v) is 1.93. The van der Waals surface area contributed by atoms with Crippen molar-refractivity contribution >= 4 is 0 Å². The van der Waals surface area contributed by atoms with Crippen LogP contribution in [0.5, 0.6) is 0 Å². The van der Waals surface area contributed by atoms with Crippen LogP contribution in [-0.2, 0) is 0 Å². The van der Waals surface area contributed by atoms with Crippen LogP contribution in [-0.4, -0.2) is 0 Å². The van der Waals surface area contributed by atoms with Crippen molar-refractivity contribution in [2.45, 2.75) is 12.8 Å². The molecule has 0 atom stereocenters. The number of hydrogen-bond acceptors (Lipinski definition) is 0. The maximum absolute atomic E-state index is 2.24. The normalized spacial score (nSPS) is 21.6. The molecule has 2 rings (SSSR count). The van der Waals surface area contributed by atoms with Gasteiger partial charge in [0, 0.05) is 0 Å². The van der Waals surface area contributed by atoms with Crippen molar-refractivity contribution in [1.82, 2.24) is 0 Å². The van der Waals surface area contributed by atoms with Gasteiger partial charge in [0.1, 0.15) is 0 Å². The fourth-order valence-electron chi connectivity index (χ4n) is 1.38. The van der Waals surface area contributed by atoms with E-state index in [1.165, 1.54) is 24.0 Å². The van der Waals surface area contributed by atoms with Gasteiger partial charge in [0.15, 0.2) is 0 Å². The van der Waals surface area contributed by atoms with Crippen LogP contribution in [0.15, 0.2) is 47.6 Å². The summed E-state index contributed by atoms with van der Waals surface area (Å²) in [5.74, 6) is 0. The topological polar surface area (TPSA) is 0 Å². The highest BCUT2D eigenvalue weighted by Gasteiger charge is 2.03. The quantitative estimate of drug-likeness (QED) is 0.473. The Kier molecular flexibility index (Phi) is 1.31. The monoisotopic (exact) mass is 130 g/mol. The van der Waals surface area contributed by atoms with Crippen LogP contribution in [0, 0.1) is 0 Å². The Morgan fingerprint density at radius 1 is 1.00 bits per heavy atom. The molecule has 0 bridgehead atoms. The average Bonchev–Trinajstić information content (AvgIpc) is 2.59. The first-order valence-corrected chi connectivity index (χ1v) is 3.71. The molecule has 0 aromatic rings. The van der Waals surface area contributed by atoms with Gasteiger partial charge in [-0.3, -0.25) is 0 Å². The van der Waals surface area contributed by atoms with Crippen LogP contribution in [0.1, 0.15) is 12.8 Å². The largest absolute Gasteiger partial charge is 0.0839 e. The Bertz CT molecular complexity index is 235. The van der Waals surface area contributed by atoms with Crippen LogP contribution in [0.25, 0.3) is 0 Å². The Morgan fingerprint density at radius 3 is 2.40 bits per heavy atom. The molecule has 10 heavy (non-hydrogen) atoms. The highest BCUT2D eigenvalue weighted by Crippen LogP contribution is 2.23. The van der Waals surface area contributed by atoms with Crippen LogP contribution in [0.3, 0.4) is 0 Å². The van der Waals surface area contributed by atoms with Gasteiger partial charge in [-0.1, -0.05) is 36.5 Å². The molecule has 0 saturated carbocycles. The Morgan fingerprint density at radius 2 is 1.80 bits per heavy atom. The lowest BCUT2D eigenvalue weighted by Crippen LogP contribution is -1.75. The summed E-state index contributed by atoms with van der Waals surface area (Å²) in [6.45, 7) is 0. The second kappa shape index (κ2) is 2.30. The van der Waals surface area contributed by atoms with E-state index in [4.69, 9.17) is 0 Å². The van der Waals surface area contributed by atoms with Crippen molar-refractivity contribution in [3.05, 3.63) is 47.6 Å². The molecule has 50 valence electrons. The first-order chi connectivity index (χ1) is 4.97. The molecule has 0 heteroatoms. The number of rotatable bonds is 0. The molecule has 0 saturated heterocycles. The van der Waals surface area contributed by atoms with Gasteiger partial charge in [-0.05, 0) is 24.0 Å². The van der Waals surface area contributed by atoms with Gasteiger partial charge in [0.25, 0.3) is 0 Å². The first kappa shape index (κ1) is 5.72. The van der Waals surface area contributed by atoms with Gasteiger partial charge in [0.05, 0.1) is 0 Å². The molecule has 0 aliphatic heterocycles. The van der Waals surface area contributed by atoms with E-state index in [0.717, 1.165) is 0 Å². The summed E-state index contributed by atoms with van der Waals surface area (Å²) >= 11 is 0. The lowest BCUT2D eigenvalue weighted by atomic mass is 10.1. The standard InChI is InChI=1S/C10H10/c1-2-6-9(5-1)10-7-3-4-8-10/h1-3,5-7H,4,8H2. The van der Waals surface area contributed by atoms with E-state index in [9.17, 15) is 0 Å². The van der Waals surface area contributed by atoms with Gasteiger partial charge in [-0.25, -0.2) is 0 Å². The van der Waals surface area contributed by atoms with Crippen molar-refractivity contribution in [1.29, 1.82) is 0 Å². The fourth-order valence-corrected chi connectivity index (χ4v) is 1.38. The van der Waals surface area contributed by atoms with Crippen molar-refractivity contribution < 1.29 is 0 Å². The van der Waals surface area contributed by atoms with E-state index in [1.54, 1.807) is 0 Å². The van der Waals surface area contributed by atoms with Crippen LogP contribution in [0.4, 0.5) is 0 Å². The fraction of sp³-hybridized carbons (Fsp3) is 0.200. The third kappa shape index (κ3) is 0.860. The van der Waals surface area contributed by atoms with Gasteiger partial charge in [-0.15, -0.1) is 0 Å². The molecule has 0 spiro atoms. The predicted molar refractivity (Wildman–Crippen MR) is 43.7 cm³/mol. The summed E-state index contributed by atoms with van der Waals surface area (Å²) in [5.41, 5.74) is 2.89. The predicted octanol–water partition coefficient (Wildman–Crippen LogP) is 2.76. The SMILES string of the molecule is C1=CC(=C2C=CCC2)C=C1. The highest BCUT2D eigenvalue weighted by molar-refractivity contribution is 5.48. The summed E-state index contributed by atoms with van der Waals surface area (Å²) in [4.78, 5) is 0. The lowest BCUT2D eigenvalue weighted by Gasteiger charge is -1.94. The molecule has 0 amide bonds. The van der Waals surface area contributed by atoms with E-state index in [0.29, 0.717) is 0 Å². The molecule has 0 heterocycles. The van der Waals surface area contributed by atoms with Crippen LogP contribution in [0.2, 0.25) is 0 Å². The molecule has 0 aromatic carbocycles. The smallest absolute Gasteiger partial charge is 0.0225 e. The number of allylic oxidation sites excluding steroid dienone is 8. The molecule has 0 N–H and O–H groups in total. The van der Waals surface area contributed by atoms with E-state index in [1.807, 2.05) is 0 Å². The highest BCUT2D eigenvalue weighted by atomic mass is 14.1.